The van der Waals surface area contributed by atoms with E-state index in [2.05, 4.69) is 33.6 Å². The lowest BCUT2D eigenvalue weighted by Gasteiger charge is -2.26. The van der Waals surface area contributed by atoms with Crippen LogP contribution in [0.1, 0.15) is 11.6 Å². The van der Waals surface area contributed by atoms with E-state index in [9.17, 15) is 0 Å². The first-order valence-electron chi connectivity index (χ1n) is 8.23. The zero-order valence-corrected chi connectivity index (χ0v) is 13.6. The van der Waals surface area contributed by atoms with Crippen molar-refractivity contribution in [1.29, 1.82) is 0 Å². The van der Waals surface area contributed by atoms with E-state index in [1.165, 1.54) is 0 Å². The maximum atomic E-state index is 5.76. The number of nitrogens with zero attached hydrogens (tertiary/aromatic N) is 2. The summed E-state index contributed by atoms with van der Waals surface area (Å²) < 4.78 is 17.1. The van der Waals surface area contributed by atoms with Crippen LogP contribution in [-0.2, 0) is 4.74 Å². The highest BCUT2D eigenvalue weighted by molar-refractivity contribution is 5.79. The Bertz CT molecular complexity index is 965. The minimum atomic E-state index is 0.0312. The summed E-state index contributed by atoms with van der Waals surface area (Å²) in [5.74, 6) is 2.21. The number of rotatable bonds is 2. The summed E-state index contributed by atoms with van der Waals surface area (Å²) in [5.41, 5.74) is 4.04. The van der Waals surface area contributed by atoms with Gasteiger partial charge in [0.15, 0.2) is 17.4 Å². The van der Waals surface area contributed by atoms with Gasteiger partial charge < -0.3 is 24.1 Å². The third-order valence-electron chi connectivity index (χ3n) is 4.62. The van der Waals surface area contributed by atoms with Crippen LogP contribution in [0.2, 0.25) is 0 Å². The molecule has 1 fully saturated rings. The van der Waals surface area contributed by atoms with Crippen molar-refractivity contribution in [3.8, 4) is 11.5 Å². The van der Waals surface area contributed by atoms with Crippen molar-refractivity contribution in [3.63, 3.8) is 0 Å². The summed E-state index contributed by atoms with van der Waals surface area (Å²) >= 11 is 0. The fourth-order valence-electron chi connectivity index (χ4n) is 3.40. The zero-order valence-electron chi connectivity index (χ0n) is 13.6. The molecule has 0 aliphatic carbocycles. The first-order valence-corrected chi connectivity index (χ1v) is 8.23. The monoisotopic (exact) mass is 335 g/mol. The van der Waals surface area contributed by atoms with Gasteiger partial charge in [-0.25, -0.2) is 4.98 Å². The molecule has 1 saturated heterocycles. The topological polar surface area (TPSA) is 59.6 Å². The summed E-state index contributed by atoms with van der Waals surface area (Å²) in [7, 11) is 0. The lowest BCUT2D eigenvalue weighted by Crippen LogP contribution is -2.22. The van der Waals surface area contributed by atoms with Crippen LogP contribution >= 0.6 is 0 Å². The smallest absolute Gasteiger partial charge is 0.187 e. The van der Waals surface area contributed by atoms with Gasteiger partial charge in [0.1, 0.15) is 19.8 Å². The van der Waals surface area contributed by atoms with Gasteiger partial charge in [-0.2, -0.15) is 0 Å². The normalized spacial score (nSPS) is 19.3. The van der Waals surface area contributed by atoms with Crippen molar-refractivity contribution in [1.82, 2.24) is 9.97 Å². The Morgan fingerprint density at radius 1 is 1.04 bits per heavy atom. The number of imidazole rings is 1. The third-order valence-corrected chi connectivity index (χ3v) is 4.62. The van der Waals surface area contributed by atoms with Gasteiger partial charge in [0.2, 0.25) is 0 Å². The number of nitrogens with one attached hydrogen (secondary N) is 1. The van der Waals surface area contributed by atoms with Gasteiger partial charge in [-0.05, 0) is 42.5 Å². The van der Waals surface area contributed by atoms with Gasteiger partial charge in [0, 0.05) is 5.69 Å². The molecular formula is C19H17N3O3. The lowest BCUT2D eigenvalue weighted by molar-refractivity contribution is 0.171. The molecule has 2 aliphatic heterocycles. The van der Waals surface area contributed by atoms with Crippen molar-refractivity contribution in [2.24, 2.45) is 0 Å². The summed E-state index contributed by atoms with van der Waals surface area (Å²) in [6.45, 7) is 5.77. The quantitative estimate of drug-likeness (QED) is 0.778. The summed E-state index contributed by atoms with van der Waals surface area (Å²) in [6, 6.07) is 12.2. The van der Waals surface area contributed by atoms with E-state index in [-0.39, 0.29) is 6.04 Å². The van der Waals surface area contributed by atoms with Crippen LogP contribution in [0, 0.1) is 0 Å². The highest BCUT2D eigenvalue weighted by Gasteiger charge is 2.32. The van der Waals surface area contributed by atoms with Crippen LogP contribution in [0.3, 0.4) is 0 Å². The van der Waals surface area contributed by atoms with Crippen molar-refractivity contribution in [3.05, 3.63) is 60.8 Å². The SMILES string of the molecule is C=C1OC[C@H](c2ccc3c(c2)OCCO3)N1c1ccc2nc[nH]c2c1. The summed E-state index contributed by atoms with van der Waals surface area (Å²) in [6.07, 6.45) is 1.70. The number of aromatic nitrogens is 2. The molecule has 0 amide bonds. The van der Waals surface area contributed by atoms with Gasteiger partial charge in [-0.1, -0.05) is 6.07 Å². The Labute approximate surface area is 144 Å². The zero-order chi connectivity index (χ0) is 16.8. The number of H-pyrrole nitrogens is 1. The molecule has 0 spiro atoms. The van der Waals surface area contributed by atoms with E-state index in [4.69, 9.17) is 14.2 Å². The number of fused-ring (bicyclic) bond motifs is 2. The van der Waals surface area contributed by atoms with Gasteiger partial charge >= 0.3 is 0 Å². The molecule has 3 aromatic rings. The second-order valence-corrected chi connectivity index (χ2v) is 6.10. The molecule has 25 heavy (non-hydrogen) atoms. The van der Waals surface area contributed by atoms with Crippen molar-refractivity contribution in [2.45, 2.75) is 6.04 Å². The average Bonchev–Trinajstić information content (AvgIpc) is 3.27. The molecule has 1 aromatic heterocycles. The highest BCUT2D eigenvalue weighted by atomic mass is 16.6. The maximum Gasteiger partial charge on any atom is 0.187 e. The van der Waals surface area contributed by atoms with E-state index in [1.807, 2.05) is 24.3 Å². The van der Waals surface area contributed by atoms with Gasteiger partial charge in [-0.15, -0.1) is 0 Å². The predicted molar refractivity (Wildman–Crippen MR) is 93.8 cm³/mol. The molecule has 1 atom stereocenters. The number of benzene rings is 2. The van der Waals surface area contributed by atoms with Crippen LogP contribution in [-0.4, -0.2) is 29.8 Å². The molecule has 0 unspecified atom stereocenters. The lowest BCUT2D eigenvalue weighted by atomic mass is 10.0. The molecule has 6 heteroatoms. The van der Waals surface area contributed by atoms with Crippen LogP contribution in [0.25, 0.3) is 11.0 Å². The van der Waals surface area contributed by atoms with Crippen molar-refractivity contribution < 1.29 is 14.2 Å². The molecular weight excluding hydrogens is 318 g/mol. The van der Waals surface area contributed by atoms with Crippen molar-refractivity contribution >= 4 is 16.7 Å². The second kappa shape index (κ2) is 5.44. The van der Waals surface area contributed by atoms with Crippen LogP contribution < -0.4 is 14.4 Å². The minimum Gasteiger partial charge on any atom is -0.486 e. The predicted octanol–water partition coefficient (Wildman–Crippen LogP) is 3.38. The highest BCUT2D eigenvalue weighted by Crippen LogP contribution is 2.40. The Hall–Kier alpha value is -3.15. The van der Waals surface area contributed by atoms with E-state index in [0.717, 1.165) is 33.8 Å². The Kier molecular flexibility index (Phi) is 3.09. The van der Waals surface area contributed by atoms with E-state index < -0.39 is 0 Å². The largest absolute Gasteiger partial charge is 0.486 e. The fraction of sp³-hybridized carbons (Fsp3) is 0.211. The number of hydrogen-bond donors (Lipinski definition) is 1. The molecule has 2 aromatic carbocycles. The standard InChI is InChI=1S/C19H17N3O3/c1-12-22(14-3-4-15-16(9-14)21-11-20-15)17(10-25-12)13-2-5-18-19(8-13)24-7-6-23-18/h2-5,8-9,11,17H,1,6-7,10H2,(H,20,21)/t17-/m1/s1. The molecule has 2 aliphatic rings. The van der Waals surface area contributed by atoms with Crippen molar-refractivity contribution in [2.75, 3.05) is 24.7 Å². The second-order valence-electron chi connectivity index (χ2n) is 6.10. The average molecular weight is 335 g/mol. The Morgan fingerprint density at radius 2 is 1.92 bits per heavy atom. The van der Waals surface area contributed by atoms with Crippen LogP contribution in [0.5, 0.6) is 11.5 Å². The molecule has 126 valence electrons. The van der Waals surface area contributed by atoms with Crippen LogP contribution in [0.4, 0.5) is 5.69 Å². The fourth-order valence-corrected chi connectivity index (χ4v) is 3.40. The maximum absolute atomic E-state index is 5.76. The third kappa shape index (κ3) is 2.29. The summed E-state index contributed by atoms with van der Waals surface area (Å²) in [5, 5.41) is 0. The Balaban J connectivity index is 1.54. The molecule has 0 saturated carbocycles. The molecule has 3 heterocycles. The first kappa shape index (κ1) is 14.2. The molecule has 0 radical (unpaired) electrons. The molecule has 1 N–H and O–H groups in total. The number of aromatic amines is 1. The first-order chi connectivity index (χ1) is 12.3. The number of anilines is 1. The summed E-state index contributed by atoms with van der Waals surface area (Å²) in [4.78, 5) is 9.52. The van der Waals surface area contributed by atoms with Crippen LogP contribution in [0.15, 0.2) is 55.2 Å². The van der Waals surface area contributed by atoms with Gasteiger partial charge in [-0.3, -0.25) is 0 Å². The molecule has 5 rings (SSSR count). The molecule has 6 nitrogen and oxygen atoms in total. The number of hydrogen-bond acceptors (Lipinski definition) is 5. The van der Waals surface area contributed by atoms with E-state index >= 15 is 0 Å². The van der Waals surface area contributed by atoms with Gasteiger partial charge in [0.05, 0.1) is 23.4 Å². The Morgan fingerprint density at radius 3 is 2.84 bits per heavy atom. The van der Waals surface area contributed by atoms with Gasteiger partial charge in [0.25, 0.3) is 0 Å². The minimum absolute atomic E-state index is 0.0312. The number of ether oxygens (including phenoxy) is 3. The van der Waals surface area contributed by atoms with E-state index in [0.29, 0.717) is 25.7 Å². The molecule has 0 bridgehead atoms. The van der Waals surface area contributed by atoms with E-state index in [1.54, 1.807) is 6.33 Å².